The molecule has 2 nitrogen and oxygen atoms in total. The molecule has 1 amide bonds. The molecule has 0 atom stereocenters. The van der Waals surface area contributed by atoms with E-state index in [2.05, 4.69) is 0 Å². The number of benzene rings is 2. The van der Waals surface area contributed by atoms with Gasteiger partial charge < -0.3 is 4.90 Å². The quantitative estimate of drug-likeness (QED) is 0.819. The van der Waals surface area contributed by atoms with Crippen LogP contribution >= 0.6 is 11.6 Å². The van der Waals surface area contributed by atoms with Crippen LogP contribution in [0.1, 0.15) is 27.9 Å². The predicted octanol–water partition coefficient (Wildman–Crippen LogP) is 4.07. The van der Waals surface area contributed by atoms with Gasteiger partial charge in [0.1, 0.15) is 5.82 Å². The summed E-state index contributed by atoms with van der Waals surface area (Å²) in [6, 6.07) is 11.9. The maximum absolute atomic E-state index is 13.4. The van der Waals surface area contributed by atoms with Gasteiger partial charge in [0.25, 0.3) is 5.91 Å². The molecule has 0 N–H and O–H groups in total. The second kappa shape index (κ2) is 5.86. The average Bonchev–Trinajstić information content (AvgIpc) is 2.64. The zero-order chi connectivity index (χ0) is 14.8. The Bertz CT molecular complexity index is 686. The van der Waals surface area contributed by atoms with E-state index in [1.165, 1.54) is 18.2 Å². The number of halogens is 2. The van der Waals surface area contributed by atoms with Crippen molar-refractivity contribution in [1.82, 2.24) is 4.90 Å². The summed E-state index contributed by atoms with van der Waals surface area (Å²) in [4.78, 5) is 14.4. The summed E-state index contributed by atoms with van der Waals surface area (Å²) in [5.74, 6) is -0.347. The van der Waals surface area contributed by atoms with Crippen molar-refractivity contribution in [2.24, 2.45) is 0 Å². The average molecular weight is 304 g/mol. The third kappa shape index (κ3) is 2.93. The molecule has 1 aliphatic heterocycles. The lowest BCUT2D eigenvalue weighted by Gasteiger charge is -2.21. The fourth-order valence-corrected chi connectivity index (χ4v) is 2.88. The molecule has 0 saturated heterocycles. The van der Waals surface area contributed by atoms with E-state index < -0.39 is 0 Å². The molecule has 0 aromatic heterocycles. The summed E-state index contributed by atoms with van der Waals surface area (Å²) in [6.45, 7) is 0.990. The first-order chi connectivity index (χ1) is 10.1. The molecule has 0 saturated carbocycles. The standard InChI is InChI=1S/C17H15ClFNO/c18-16-8-7-14(19)10-13(16)11-20-9-3-5-12-4-1-2-6-15(12)17(20)21/h1-2,4,6-8,10H,3,5,9,11H2. The van der Waals surface area contributed by atoms with Crippen LogP contribution in [0.25, 0.3) is 0 Å². The highest BCUT2D eigenvalue weighted by atomic mass is 35.5. The van der Waals surface area contributed by atoms with Gasteiger partial charge in [0.2, 0.25) is 0 Å². The zero-order valence-electron chi connectivity index (χ0n) is 11.5. The summed E-state index contributed by atoms with van der Waals surface area (Å²) in [5.41, 5.74) is 2.46. The van der Waals surface area contributed by atoms with Crippen LogP contribution in [0.5, 0.6) is 0 Å². The monoisotopic (exact) mass is 303 g/mol. The van der Waals surface area contributed by atoms with Gasteiger partial charge in [-0.15, -0.1) is 0 Å². The number of carbonyl (C=O) groups is 1. The molecule has 1 aliphatic rings. The number of nitrogens with zero attached hydrogens (tertiary/aromatic N) is 1. The molecule has 0 bridgehead atoms. The maximum Gasteiger partial charge on any atom is 0.254 e. The Morgan fingerprint density at radius 1 is 1.19 bits per heavy atom. The molecule has 3 rings (SSSR count). The first-order valence-electron chi connectivity index (χ1n) is 6.96. The summed E-state index contributed by atoms with van der Waals surface area (Å²) >= 11 is 6.10. The van der Waals surface area contributed by atoms with E-state index in [1.807, 2.05) is 24.3 Å². The molecule has 0 fully saturated rings. The van der Waals surface area contributed by atoms with E-state index in [-0.39, 0.29) is 11.7 Å². The Labute approximate surface area is 128 Å². The van der Waals surface area contributed by atoms with Gasteiger partial charge in [-0.25, -0.2) is 4.39 Å². The van der Waals surface area contributed by atoms with E-state index >= 15 is 0 Å². The fraction of sp³-hybridized carbons (Fsp3) is 0.235. The Morgan fingerprint density at radius 3 is 2.86 bits per heavy atom. The highest BCUT2D eigenvalue weighted by Crippen LogP contribution is 2.23. The molecule has 0 aliphatic carbocycles. The highest BCUT2D eigenvalue weighted by molar-refractivity contribution is 6.31. The highest BCUT2D eigenvalue weighted by Gasteiger charge is 2.22. The topological polar surface area (TPSA) is 20.3 Å². The van der Waals surface area contributed by atoms with Gasteiger partial charge in [0, 0.05) is 23.7 Å². The normalized spacial score (nSPS) is 14.8. The molecule has 2 aromatic rings. The second-order valence-corrected chi connectivity index (χ2v) is 5.63. The van der Waals surface area contributed by atoms with Gasteiger partial charge in [0.05, 0.1) is 0 Å². The van der Waals surface area contributed by atoms with Gasteiger partial charge in [-0.05, 0) is 48.2 Å². The molecule has 1 heterocycles. The molecular weight excluding hydrogens is 289 g/mol. The van der Waals surface area contributed by atoms with E-state index in [4.69, 9.17) is 11.6 Å². The van der Waals surface area contributed by atoms with Gasteiger partial charge in [-0.2, -0.15) is 0 Å². The van der Waals surface area contributed by atoms with Crippen LogP contribution in [-0.2, 0) is 13.0 Å². The first kappa shape index (κ1) is 14.1. The summed E-state index contributed by atoms with van der Waals surface area (Å²) in [7, 11) is 0. The lowest BCUT2D eigenvalue weighted by atomic mass is 10.0. The summed E-state index contributed by atoms with van der Waals surface area (Å²) in [5, 5.41) is 0.488. The Balaban J connectivity index is 1.89. The summed E-state index contributed by atoms with van der Waals surface area (Å²) in [6.07, 6.45) is 1.78. The van der Waals surface area contributed by atoms with Crippen molar-refractivity contribution in [1.29, 1.82) is 0 Å². The first-order valence-corrected chi connectivity index (χ1v) is 7.34. The van der Waals surface area contributed by atoms with Crippen molar-refractivity contribution in [2.75, 3.05) is 6.54 Å². The van der Waals surface area contributed by atoms with Crippen LogP contribution in [0.15, 0.2) is 42.5 Å². The number of aryl methyl sites for hydroxylation is 1. The Morgan fingerprint density at radius 2 is 2.00 bits per heavy atom. The van der Waals surface area contributed by atoms with Gasteiger partial charge in [0.15, 0.2) is 0 Å². The number of carbonyl (C=O) groups excluding carboxylic acids is 1. The molecular formula is C17H15ClFNO. The fourth-order valence-electron chi connectivity index (χ4n) is 2.70. The molecule has 0 radical (unpaired) electrons. The van der Waals surface area contributed by atoms with E-state index in [0.29, 0.717) is 23.7 Å². The van der Waals surface area contributed by atoms with Crippen molar-refractivity contribution in [2.45, 2.75) is 19.4 Å². The van der Waals surface area contributed by atoms with Crippen LogP contribution in [0.4, 0.5) is 4.39 Å². The molecule has 21 heavy (non-hydrogen) atoms. The van der Waals surface area contributed by atoms with Gasteiger partial charge in [-0.3, -0.25) is 4.79 Å². The van der Waals surface area contributed by atoms with Crippen LogP contribution in [0, 0.1) is 5.82 Å². The third-order valence-corrected chi connectivity index (χ3v) is 4.15. The minimum Gasteiger partial charge on any atom is -0.334 e. The number of amides is 1. The molecule has 108 valence electrons. The maximum atomic E-state index is 13.4. The van der Waals surface area contributed by atoms with Crippen LogP contribution < -0.4 is 0 Å². The molecule has 4 heteroatoms. The SMILES string of the molecule is O=C1c2ccccc2CCCN1Cc1cc(F)ccc1Cl. The lowest BCUT2D eigenvalue weighted by Crippen LogP contribution is -2.30. The van der Waals surface area contributed by atoms with Crippen LogP contribution in [-0.4, -0.2) is 17.4 Å². The van der Waals surface area contributed by atoms with Crippen molar-refractivity contribution in [3.8, 4) is 0 Å². The van der Waals surface area contributed by atoms with Crippen molar-refractivity contribution < 1.29 is 9.18 Å². The third-order valence-electron chi connectivity index (χ3n) is 3.78. The summed E-state index contributed by atoms with van der Waals surface area (Å²) < 4.78 is 13.4. The van der Waals surface area contributed by atoms with Gasteiger partial charge >= 0.3 is 0 Å². The zero-order valence-corrected chi connectivity index (χ0v) is 12.2. The number of hydrogen-bond donors (Lipinski definition) is 0. The van der Waals surface area contributed by atoms with Gasteiger partial charge in [-0.1, -0.05) is 29.8 Å². The number of hydrogen-bond acceptors (Lipinski definition) is 1. The minimum absolute atomic E-state index is 0.0107. The lowest BCUT2D eigenvalue weighted by molar-refractivity contribution is 0.0748. The smallest absolute Gasteiger partial charge is 0.254 e. The van der Waals surface area contributed by atoms with Crippen LogP contribution in [0.2, 0.25) is 5.02 Å². The Hall–Kier alpha value is -1.87. The van der Waals surface area contributed by atoms with E-state index in [9.17, 15) is 9.18 Å². The van der Waals surface area contributed by atoms with E-state index in [1.54, 1.807) is 4.90 Å². The number of fused-ring (bicyclic) bond motifs is 1. The van der Waals surface area contributed by atoms with Crippen LogP contribution in [0.3, 0.4) is 0 Å². The molecule has 0 unspecified atom stereocenters. The number of rotatable bonds is 2. The van der Waals surface area contributed by atoms with Crippen molar-refractivity contribution in [3.05, 3.63) is 70.0 Å². The van der Waals surface area contributed by atoms with Crippen molar-refractivity contribution in [3.63, 3.8) is 0 Å². The Kier molecular flexibility index (Phi) is 3.93. The molecule has 2 aromatic carbocycles. The minimum atomic E-state index is -0.336. The largest absolute Gasteiger partial charge is 0.334 e. The van der Waals surface area contributed by atoms with E-state index in [0.717, 1.165) is 24.0 Å². The molecule has 0 spiro atoms. The predicted molar refractivity (Wildman–Crippen MR) is 80.9 cm³/mol. The van der Waals surface area contributed by atoms with Crippen molar-refractivity contribution >= 4 is 17.5 Å². The second-order valence-electron chi connectivity index (χ2n) is 5.22.